The molecule has 0 fully saturated rings. The van der Waals surface area contributed by atoms with E-state index in [0.29, 0.717) is 0 Å². The molecule has 2 unspecified atom stereocenters. The lowest BCUT2D eigenvalue weighted by Gasteiger charge is -2.39. The number of aliphatic carboxylic acids is 1. The van der Waals surface area contributed by atoms with Crippen molar-refractivity contribution >= 4 is 29.4 Å². The van der Waals surface area contributed by atoms with Crippen LogP contribution in [0.4, 0.5) is 0 Å². The standard InChI is InChI=1S/C11H19N5O7/c12-1-5(17)9(21)11(10(22)23,6(18)2-13)16(7(19)3-14)8(20)4-15/h9,21H,1-4,12-15H2,(H,22,23). The molecule has 0 aliphatic heterocycles. The molecule has 0 aromatic heterocycles. The van der Waals surface area contributed by atoms with Crippen LogP contribution >= 0.6 is 0 Å². The minimum Gasteiger partial charge on any atom is -0.479 e. The average molecular weight is 333 g/mol. The molecule has 0 aromatic carbocycles. The van der Waals surface area contributed by atoms with Crippen molar-refractivity contribution in [1.29, 1.82) is 0 Å². The summed E-state index contributed by atoms with van der Waals surface area (Å²) in [5, 5.41) is 19.5. The van der Waals surface area contributed by atoms with Gasteiger partial charge in [0.05, 0.1) is 26.2 Å². The first-order valence-electron chi connectivity index (χ1n) is 6.30. The molecule has 0 aliphatic carbocycles. The Kier molecular flexibility index (Phi) is 7.58. The molecular weight excluding hydrogens is 314 g/mol. The highest BCUT2D eigenvalue weighted by atomic mass is 16.4. The number of ketones is 2. The van der Waals surface area contributed by atoms with E-state index in [0.717, 1.165) is 0 Å². The van der Waals surface area contributed by atoms with Gasteiger partial charge in [0.25, 0.3) is 0 Å². The monoisotopic (exact) mass is 333 g/mol. The topological polar surface area (TPSA) is 233 Å². The Labute approximate surface area is 130 Å². The summed E-state index contributed by atoms with van der Waals surface area (Å²) in [4.78, 5) is 59.2. The highest BCUT2D eigenvalue weighted by Crippen LogP contribution is 2.24. The SMILES string of the molecule is NCC(=O)C(O)C(C(=O)O)(C(=O)CN)N(C(=O)CN)C(=O)CN. The van der Waals surface area contributed by atoms with E-state index in [1.165, 1.54) is 0 Å². The van der Waals surface area contributed by atoms with E-state index < -0.39 is 67.2 Å². The average Bonchev–Trinajstić information content (AvgIpc) is 2.55. The molecule has 23 heavy (non-hydrogen) atoms. The normalized spacial score (nSPS) is 14.5. The number of rotatable bonds is 9. The van der Waals surface area contributed by atoms with E-state index in [4.69, 9.17) is 22.9 Å². The maximum Gasteiger partial charge on any atom is 0.341 e. The molecule has 0 spiro atoms. The summed E-state index contributed by atoms with van der Waals surface area (Å²) in [5.74, 6) is -7.59. The van der Waals surface area contributed by atoms with E-state index in [2.05, 4.69) is 0 Å². The first-order chi connectivity index (χ1) is 10.7. The van der Waals surface area contributed by atoms with Gasteiger partial charge in [-0.1, -0.05) is 0 Å². The first-order valence-corrected chi connectivity index (χ1v) is 6.30. The minimum absolute atomic E-state index is 0.136. The maximum atomic E-state index is 12.1. The van der Waals surface area contributed by atoms with Crippen LogP contribution in [0.5, 0.6) is 0 Å². The Morgan fingerprint density at radius 3 is 1.57 bits per heavy atom. The second-order valence-corrected chi connectivity index (χ2v) is 4.30. The van der Waals surface area contributed by atoms with Crippen molar-refractivity contribution in [1.82, 2.24) is 4.90 Å². The predicted molar refractivity (Wildman–Crippen MR) is 74.5 cm³/mol. The number of aliphatic hydroxyl groups is 1. The molecule has 0 radical (unpaired) electrons. The number of imide groups is 1. The maximum absolute atomic E-state index is 12.1. The van der Waals surface area contributed by atoms with Gasteiger partial charge in [-0.05, 0) is 0 Å². The zero-order valence-electron chi connectivity index (χ0n) is 12.1. The highest BCUT2D eigenvalue weighted by Gasteiger charge is 2.61. The number of hydrogen-bond acceptors (Lipinski definition) is 10. The predicted octanol–water partition coefficient (Wildman–Crippen LogP) is -5.50. The van der Waals surface area contributed by atoms with Crippen molar-refractivity contribution in [3.63, 3.8) is 0 Å². The van der Waals surface area contributed by atoms with Gasteiger partial charge in [0, 0.05) is 0 Å². The Hall–Kier alpha value is -2.25. The van der Waals surface area contributed by atoms with Crippen molar-refractivity contribution in [2.45, 2.75) is 11.6 Å². The Morgan fingerprint density at radius 2 is 1.30 bits per heavy atom. The molecule has 0 aliphatic rings. The van der Waals surface area contributed by atoms with Crippen molar-refractivity contribution in [3.05, 3.63) is 0 Å². The van der Waals surface area contributed by atoms with Crippen LogP contribution in [0.3, 0.4) is 0 Å². The van der Waals surface area contributed by atoms with Gasteiger partial charge >= 0.3 is 5.97 Å². The summed E-state index contributed by atoms with van der Waals surface area (Å²) >= 11 is 0. The Morgan fingerprint density at radius 1 is 0.870 bits per heavy atom. The number of nitrogens with two attached hydrogens (primary N) is 4. The smallest absolute Gasteiger partial charge is 0.341 e. The molecule has 10 N–H and O–H groups in total. The molecule has 12 heteroatoms. The van der Waals surface area contributed by atoms with Crippen molar-refractivity contribution in [2.75, 3.05) is 26.2 Å². The van der Waals surface area contributed by atoms with Crippen LogP contribution in [0.1, 0.15) is 0 Å². The van der Waals surface area contributed by atoms with Gasteiger partial charge in [-0.3, -0.25) is 24.1 Å². The van der Waals surface area contributed by atoms with Crippen LogP contribution in [0, 0.1) is 0 Å². The zero-order chi connectivity index (χ0) is 18.4. The molecule has 2 atom stereocenters. The van der Waals surface area contributed by atoms with Gasteiger partial charge in [0.1, 0.15) is 0 Å². The molecule has 0 rings (SSSR count). The molecule has 130 valence electrons. The van der Waals surface area contributed by atoms with Crippen LogP contribution in [-0.4, -0.2) is 82.3 Å². The number of carboxylic acid groups (broad SMARTS) is 1. The summed E-state index contributed by atoms with van der Waals surface area (Å²) in [6, 6.07) is 0. The Balaban J connectivity index is 6.65. The lowest BCUT2D eigenvalue weighted by molar-refractivity contribution is -0.179. The van der Waals surface area contributed by atoms with Gasteiger partial charge in [-0.2, -0.15) is 0 Å². The second kappa shape index (κ2) is 8.40. The summed E-state index contributed by atoms with van der Waals surface area (Å²) in [5.41, 5.74) is 17.1. The zero-order valence-corrected chi connectivity index (χ0v) is 12.1. The highest BCUT2D eigenvalue weighted by molar-refractivity contribution is 6.19. The first kappa shape index (κ1) is 20.8. The second-order valence-electron chi connectivity index (χ2n) is 4.30. The lowest BCUT2D eigenvalue weighted by Crippen LogP contribution is -2.74. The fourth-order valence-corrected chi connectivity index (χ4v) is 1.95. The molecule has 0 saturated heterocycles. The van der Waals surface area contributed by atoms with Gasteiger partial charge in [0.2, 0.25) is 17.4 Å². The number of nitrogens with zero attached hydrogens (tertiary/aromatic N) is 1. The van der Waals surface area contributed by atoms with Crippen molar-refractivity contribution in [3.8, 4) is 0 Å². The van der Waals surface area contributed by atoms with Crippen LogP contribution < -0.4 is 22.9 Å². The van der Waals surface area contributed by atoms with E-state index in [9.17, 15) is 34.2 Å². The summed E-state index contributed by atoms with van der Waals surface area (Å²) < 4.78 is 0. The van der Waals surface area contributed by atoms with Gasteiger partial charge in [-0.15, -0.1) is 0 Å². The lowest BCUT2D eigenvalue weighted by atomic mass is 9.82. The third-order valence-corrected chi connectivity index (χ3v) is 3.04. The van der Waals surface area contributed by atoms with Gasteiger partial charge < -0.3 is 33.1 Å². The van der Waals surface area contributed by atoms with E-state index >= 15 is 0 Å². The number of Topliss-reactive ketones (excluding diaryl/α,β-unsaturated/α-hetero) is 2. The molecular formula is C11H19N5O7. The minimum atomic E-state index is -3.29. The summed E-state index contributed by atoms with van der Waals surface area (Å²) in [6.45, 7) is -3.62. The molecule has 2 amide bonds. The number of carbonyl (C=O) groups excluding carboxylic acids is 4. The fraction of sp³-hybridized carbons (Fsp3) is 0.545. The number of carbonyl (C=O) groups is 5. The summed E-state index contributed by atoms with van der Waals surface area (Å²) in [6.07, 6.45) is -2.63. The Bertz CT molecular complexity index is 507. The fourth-order valence-electron chi connectivity index (χ4n) is 1.95. The van der Waals surface area contributed by atoms with Crippen molar-refractivity contribution < 1.29 is 34.2 Å². The number of hydrogen-bond donors (Lipinski definition) is 6. The molecule has 0 saturated carbocycles. The van der Waals surface area contributed by atoms with Crippen LogP contribution in [-0.2, 0) is 24.0 Å². The van der Waals surface area contributed by atoms with Crippen LogP contribution in [0.25, 0.3) is 0 Å². The van der Waals surface area contributed by atoms with E-state index in [1.54, 1.807) is 0 Å². The van der Waals surface area contributed by atoms with Gasteiger partial charge in [0.15, 0.2) is 17.7 Å². The molecule has 0 aromatic rings. The van der Waals surface area contributed by atoms with E-state index in [1.807, 2.05) is 0 Å². The van der Waals surface area contributed by atoms with Crippen LogP contribution in [0.2, 0.25) is 0 Å². The van der Waals surface area contributed by atoms with E-state index in [-0.39, 0.29) is 4.90 Å². The third-order valence-electron chi connectivity index (χ3n) is 3.04. The third kappa shape index (κ3) is 3.57. The molecule has 0 bridgehead atoms. The number of carboxylic acids is 1. The number of aliphatic hydroxyl groups excluding tert-OH is 1. The molecule has 12 nitrogen and oxygen atoms in total. The van der Waals surface area contributed by atoms with Crippen LogP contribution in [0.15, 0.2) is 0 Å². The largest absolute Gasteiger partial charge is 0.479 e. The summed E-state index contributed by atoms with van der Waals surface area (Å²) in [7, 11) is 0. The molecule has 0 heterocycles. The quantitative estimate of drug-likeness (QED) is 0.218. The van der Waals surface area contributed by atoms with Crippen molar-refractivity contribution in [2.24, 2.45) is 22.9 Å². The number of amides is 2. The van der Waals surface area contributed by atoms with Gasteiger partial charge in [-0.25, -0.2) is 4.79 Å².